The molecule has 0 aliphatic carbocycles. The Morgan fingerprint density at radius 2 is 1.73 bits per heavy atom. The second kappa shape index (κ2) is 8.33. The number of sulfonamides is 1. The van der Waals surface area contributed by atoms with Crippen LogP contribution < -0.4 is 14.2 Å². The summed E-state index contributed by atoms with van der Waals surface area (Å²) < 4.78 is 39.1. The zero-order valence-electron chi connectivity index (χ0n) is 16.4. The van der Waals surface area contributed by atoms with E-state index in [9.17, 15) is 13.2 Å². The molecule has 0 aromatic heterocycles. The lowest BCUT2D eigenvalue weighted by atomic mass is 10.1. The van der Waals surface area contributed by atoms with Crippen molar-refractivity contribution in [1.82, 2.24) is 9.62 Å². The summed E-state index contributed by atoms with van der Waals surface area (Å²) in [6.45, 7) is 0.262. The highest BCUT2D eigenvalue weighted by Crippen LogP contribution is 2.30. The summed E-state index contributed by atoms with van der Waals surface area (Å²) in [4.78, 5) is 14.0. The number of amides is 1. The molecule has 1 N–H and O–H groups in total. The molecule has 1 aliphatic heterocycles. The van der Waals surface area contributed by atoms with Crippen molar-refractivity contribution in [1.29, 1.82) is 0 Å². The number of nitrogens with zero attached hydrogens (tertiary/aromatic N) is 1. The maximum absolute atomic E-state index is 12.6. The van der Waals surface area contributed by atoms with Gasteiger partial charge in [0.2, 0.25) is 15.9 Å². The fraction of sp³-hybridized carbons (Fsp3) is 0.227. The van der Waals surface area contributed by atoms with Gasteiger partial charge >= 0.3 is 0 Å². The number of ether oxygens (including phenoxy) is 2. The van der Waals surface area contributed by atoms with E-state index in [1.807, 2.05) is 42.5 Å². The van der Waals surface area contributed by atoms with E-state index in [2.05, 4.69) is 4.72 Å². The first kappa shape index (κ1) is 20.2. The first-order valence-corrected chi connectivity index (χ1v) is 11.0. The minimum absolute atomic E-state index is 0.122. The zero-order valence-corrected chi connectivity index (χ0v) is 17.3. The molecule has 3 aromatic rings. The molecule has 0 spiro atoms. The number of hydrogen-bond donors (Lipinski definition) is 1. The summed E-state index contributed by atoms with van der Waals surface area (Å²) in [5.74, 6) is 0.944. The molecular formula is C22H22N2O5S. The minimum Gasteiger partial charge on any atom is -0.486 e. The van der Waals surface area contributed by atoms with Crippen molar-refractivity contribution in [3.05, 3.63) is 66.7 Å². The summed E-state index contributed by atoms with van der Waals surface area (Å²) >= 11 is 0. The molecule has 0 bridgehead atoms. The Balaban J connectivity index is 1.35. The maximum atomic E-state index is 12.6. The van der Waals surface area contributed by atoms with E-state index < -0.39 is 10.0 Å². The Bertz CT molecular complexity index is 1180. The van der Waals surface area contributed by atoms with Gasteiger partial charge in [0, 0.05) is 7.05 Å². The molecular weight excluding hydrogens is 404 g/mol. The van der Waals surface area contributed by atoms with Crippen molar-refractivity contribution in [3.8, 4) is 11.5 Å². The molecule has 0 fully saturated rings. The van der Waals surface area contributed by atoms with Crippen molar-refractivity contribution < 1.29 is 22.7 Å². The second-order valence-corrected chi connectivity index (χ2v) is 8.87. The lowest BCUT2D eigenvalue weighted by Gasteiger charge is -2.29. The van der Waals surface area contributed by atoms with Crippen LogP contribution in [0.2, 0.25) is 0 Å². The van der Waals surface area contributed by atoms with E-state index in [1.54, 1.807) is 25.2 Å². The molecule has 156 valence electrons. The Kier molecular flexibility index (Phi) is 5.61. The fourth-order valence-corrected chi connectivity index (χ4v) is 4.28. The van der Waals surface area contributed by atoms with Gasteiger partial charge < -0.3 is 14.4 Å². The molecule has 8 heteroatoms. The van der Waals surface area contributed by atoms with Crippen LogP contribution in [0.3, 0.4) is 0 Å². The molecule has 0 saturated heterocycles. The highest BCUT2D eigenvalue weighted by molar-refractivity contribution is 7.89. The normalized spacial score (nSPS) is 15.7. The SMILES string of the molecule is CN(CC1COc2ccccc2O1)C(=O)CNS(=O)(=O)c1ccc2ccccc2c1. The predicted molar refractivity (Wildman–Crippen MR) is 113 cm³/mol. The van der Waals surface area contributed by atoms with Crippen LogP contribution in [0.15, 0.2) is 71.6 Å². The molecule has 0 radical (unpaired) electrons. The van der Waals surface area contributed by atoms with Gasteiger partial charge in [-0.1, -0.05) is 42.5 Å². The fourth-order valence-electron chi connectivity index (χ4n) is 3.27. The molecule has 0 saturated carbocycles. The van der Waals surface area contributed by atoms with E-state index >= 15 is 0 Å². The van der Waals surface area contributed by atoms with Crippen molar-refractivity contribution in [2.75, 3.05) is 26.7 Å². The van der Waals surface area contributed by atoms with Crippen molar-refractivity contribution in [2.45, 2.75) is 11.0 Å². The van der Waals surface area contributed by atoms with Crippen molar-refractivity contribution >= 4 is 26.7 Å². The van der Waals surface area contributed by atoms with Gasteiger partial charge in [-0.3, -0.25) is 4.79 Å². The first-order chi connectivity index (χ1) is 14.4. The van der Waals surface area contributed by atoms with Crippen molar-refractivity contribution in [3.63, 3.8) is 0 Å². The van der Waals surface area contributed by atoms with Gasteiger partial charge in [0.25, 0.3) is 0 Å². The first-order valence-electron chi connectivity index (χ1n) is 9.53. The summed E-state index contributed by atoms with van der Waals surface area (Å²) in [7, 11) is -2.20. The molecule has 1 atom stereocenters. The average molecular weight is 426 g/mol. The Morgan fingerprint density at radius 1 is 1.03 bits per heavy atom. The Labute approximate surface area is 175 Å². The molecule has 4 rings (SSSR count). The summed E-state index contributed by atoms with van der Waals surface area (Å²) in [6, 6.07) is 19.7. The smallest absolute Gasteiger partial charge is 0.241 e. The second-order valence-electron chi connectivity index (χ2n) is 7.11. The monoisotopic (exact) mass is 426 g/mol. The number of nitrogens with one attached hydrogen (secondary N) is 1. The number of carbonyl (C=O) groups excluding carboxylic acids is 1. The number of rotatable bonds is 6. The van der Waals surface area contributed by atoms with Crippen LogP contribution in [0.1, 0.15) is 0 Å². The highest BCUT2D eigenvalue weighted by Gasteiger charge is 2.24. The number of fused-ring (bicyclic) bond motifs is 2. The Morgan fingerprint density at radius 3 is 2.53 bits per heavy atom. The van der Waals surface area contributed by atoms with Crippen LogP contribution in [-0.2, 0) is 14.8 Å². The highest BCUT2D eigenvalue weighted by atomic mass is 32.2. The van der Waals surface area contributed by atoms with Gasteiger partial charge in [-0.2, -0.15) is 0 Å². The Hall–Kier alpha value is -3.10. The summed E-state index contributed by atoms with van der Waals surface area (Å²) in [5.41, 5.74) is 0. The standard InChI is InChI=1S/C22H22N2O5S/c1-24(14-18-15-28-20-8-4-5-9-21(20)29-18)22(25)13-23-30(26,27)19-11-10-16-6-2-3-7-17(16)12-19/h2-12,18,23H,13-15H2,1H3. The predicted octanol–water partition coefficient (Wildman–Crippen LogP) is 2.42. The minimum atomic E-state index is -3.81. The molecule has 3 aromatic carbocycles. The zero-order chi connectivity index (χ0) is 21.1. The van der Waals surface area contributed by atoms with E-state index in [0.29, 0.717) is 18.1 Å². The number of para-hydroxylation sites is 2. The number of hydrogen-bond acceptors (Lipinski definition) is 5. The van der Waals surface area contributed by atoms with Gasteiger partial charge in [-0.05, 0) is 35.0 Å². The van der Waals surface area contributed by atoms with Gasteiger partial charge in [0.05, 0.1) is 18.0 Å². The lowest BCUT2D eigenvalue weighted by molar-refractivity contribution is -0.130. The third-order valence-electron chi connectivity index (χ3n) is 4.92. The summed E-state index contributed by atoms with van der Waals surface area (Å²) in [6.07, 6.45) is -0.328. The van der Waals surface area contributed by atoms with E-state index in [0.717, 1.165) is 10.8 Å². The van der Waals surface area contributed by atoms with Crippen LogP contribution in [0.5, 0.6) is 11.5 Å². The summed E-state index contributed by atoms with van der Waals surface area (Å²) in [5, 5.41) is 1.77. The van der Waals surface area contributed by atoms with Crippen LogP contribution in [0.4, 0.5) is 0 Å². The lowest BCUT2D eigenvalue weighted by Crippen LogP contribution is -2.45. The third-order valence-corrected chi connectivity index (χ3v) is 6.31. The van der Waals surface area contributed by atoms with E-state index in [1.165, 1.54) is 11.0 Å². The molecule has 7 nitrogen and oxygen atoms in total. The molecule has 1 heterocycles. The molecule has 1 amide bonds. The van der Waals surface area contributed by atoms with Gasteiger partial charge in [-0.25, -0.2) is 13.1 Å². The topological polar surface area (TPSA) is 84.9 Å². The molecule has 30 heavy (non-hydrogen) atoms. The van der Waals surface area contributed by atoms with Crippen LogP contribution in [0, 0.1) is 0 Å². The van der Waals surface area contributed by atoms with Crippen LogP contribution in [-0.4, -0.2) is 52.1 Å². The third kappa shape index (κ3) is 4.39. The number of benzene rings is 3. The van der Waals surface area contributed by atoms with Gasteiger partial charge in [-0.15, -0.1) is 0 Å². The van der Waals surface area contributed by atoms with Crippen molar-refractivity contribution in [2.24, 2.45) is 0 Å². The quantitative estimate of drug-likeness (QED) is 0.654. The van der Waals surface area contributed by atoms with Gasteiger partial charge in [0.1, 0.15) is 6.61 Å². The maximum Gasteiger partial charge on any atom is 0.241 e. The van der Waals surface area contributed by atoms with Crippen LogP contribution in [0.25, 0.3) is 10.8 Å². The molecule has 1 aliphatic rings. The van der Waals surface area contributed by atoms with Gasteiger partial charge in [0.15, 0.2) is 17.6 Å². The number of carbonyl (C=O) groups is 1. The molecule has 1 unspecified atom stereocenters. The van der Waals surface area contributed by atoms with Crippen LogP contribution >= 0.6 is 0 Å². The van der Waals surface area contributed by atoms with E-state index in [4.69, 9.17) is 9.47 Å². The number of likely N-dealkylation sites (N-methyl/N-ethyl adjacent to an activating group) is 1. The largest absolute Gasteiger partial charge is 0.486 e. The average Bonchev–Trinajstić information content (AvgIpc) is 2.77. The van der Waals surface area contributed by atoms with E-state index in [-0.39, 0.29) is 30.0 Å².